The summed E-state index contributed by atoms with van der Waals surface area (Å²) in [6, 6.07) is 9.36. The molecule has 4 heteroatoms. The molecule has 0 heterocycles. The summed E-state index contributed by atoms with van der Waals surface area (Å²) in [5, 5.41) is 0. The van der Waals surface area contributed by atoms with Crippen LogP contribution >= 0.6 is 0 Å². The number of para-hydroxylation sites is 1. The molecule has 0 aliphatic rings. The van der Waals surface area contributed by atoms with E-state index in [1.165, 1.54) is 17.1 Å². The molecule has 1 rings (SSSR count). The maximum absolute atomic E-state index is 11.2. The van der Waals surface area contributed by atoms with E-state index in [-0.39, 0.29) is 0 Å². The minimum Gasteiger partial charge on any atom is -0.289 e. The van der Waals surface area contributed by atoms with E-state index >= 15 is 0 Å². The predicted octanol–water partition coefficient (Wildman–Crippen LogP) is 3.21. The smallest absolute Gasteiger partial charge is 0.261 e. The Bertz CT molecular complexity index is 316. The number of hydrogen-bond donors (Lipinski definition) is 1. The molecule has 0 aromatic heterocycles. The van der Waals surface area contributed by atoms with Gasteiger partial charge in [-0.25, -0.2) is 4.21 Å². The summed E-state index contributed by atoms with van der Waals surface area (Å²) >= 11 is -1.93. The molecular weight excluding hydrogens is 222 g/mol. The summed E-state index contributed by atoms with van der Waals surface area (Å²) in [6.45, 7) is 2.78. The van der Waals surface area contributed by atoms with E-state index in [1.54, 1.807) is 0 Å². The molecule has 0 amide bonds. The van der Waals surface area contributed by atoms with Gasteiger partial charge in [0.2, 0.25) is 0 Å². The van der Waals surface area contributed by atoms with Crippen molar-refractivity contribution in [1.29, 1.82) is 0 Å². The Hall–Kier alpha value is -0.870. The number of unbranched alkanes of at least 4 members (excludes halogenated alkanes) is 3. The minimum atomic E-state index is -1.93. The molecule has 0 aliphatic heterocycles. The van der Waals surface area contributed by atoms with Gasteiger partial charge in [-0.1, -0.05) is 44.4 Å². The SMILES string of the molecule is CCCCCCN(c1ccccc1)S(=O)O. The second kappa shape index (κ2) is 7.41. The fourth-order valence-electron chi connectivity index (χ4n) is 1.57. The van der Waals surface area contributed by atoms with Crippen molar-refractivity contribution in [1.82, 2.24) is 0 Å². The lowest BCUT2D eigenvalue weighted by molar-refractivity contribution is 0.555. The van der Waals surface area contributed by atoms with Crippen molar-refractivity contribution in [2.75, 3.05) is 10.8 Å². The van der Waals surface area contributed by atoms with Gasteiger partial charge in [-0.15, -0.1) is 0 Å². The molecule has 1 N–H and O–H groups in total. The van der Waals surface area contributed by atoms with E-state index in [0.29, 0.717) is 6.54 Å². The zero-order valence-electron chi connectivity index (χ0n) is 9.63. The molecule has 0 aliphatic carbocycles. The molecule has 0 saturated heterocycles. The number of hydrogen-bond acceptors (Lipinski definition) is 1. The Balaban J connectivity index is 2.52. The van der Waals surface area contributed by atoms with Crippen molar-refractivity contribution >= 4 is 17.0 Å². The summed E-state index contributed by atoms with van der Waals surface area (Å²) < 4.78 is 21.9. The molecule has 1 unspecified atom stereocenters. The average Bonchev–Trinajstić information content (AvgIpc) is 2.30. The third-order valence-electron chi connectivity index (χ3n) is 2.45. The van der Waals surface area contributed by atoms with Crippen LogP contribution in [0.4, 0.5) is 5.69 Å². The van der Waals surface area contributed by atoms with Crippen molar-refractivity contribution < 1.29 is 8.76 Å². The second-order valence-electron chi connectivity index (χ2n) is 3.73. The van der Waals surface area contributed by atoms with Gasteiger partial charge in [-0.05, 0) is 18.6 Å². The van der Waals surface area contributed by atoms with Crippen LogP contribution in [0.1, 0.15) is 32.6 Å². The largest absolute Gasteiger partial charge is 0.289 e. The zero-order chi connectivity index (χ0) is 11.8. The number of benzene rings is 1. The third kappa shape index (κ3) is 4.33. The first-order chi connectivity index (χ1) is 7.75. The highest BCUT2D eigenvalue weighted by Gasteiger charge is 2.10. The van der Waals surface area contributed by atoms with Gasteiger partial charge in [-0.3, -0.25) is 8.86 Å². The Kier molecular flexibility index (Phi) is 6.11. The monoisotopic (exact) mass is 241 g/mol. The van der Waals surface area contributed by atoms with Gasteiger partial charge >= 0.3 is 0 Å². The third-order valence-corrected chi connectivity index (χ3v) is 3.22. The van der Waals surface area contributed by atoms with Gasteiger partial charge in [0, 0.05) is 6.54 Å². The highest BCUT2D eigenvalue weighted by Crippen LogP contribution is 2.15. The number of nitrogens with zero attached hydrogens (tertiary/aromatic N) is 1. The Morgan fingerprint density at radius 3 is 2.44 bits per heavy atom. The van der Waals surface area contributed by atoms with Crippen LogP contribution < -0.4 is 4.31 Å². The standard InChI is InChI=1S/C12H19NO2S/c1-2-3-4-8-11-13(16(14)15)12-9-6-5-7-10-12/h5-7,9-10H,2-4,8,11H2,1H3,(H,14,15). The highest BCUT2D eigenvalue weighted by molar-refractivity contribution is 7.80. The van der Waals surface area contributed by atoms with Crippen molar-refractivity contribution in [3.05, 3.63) is 30.3 Å². The lowest BCUT2D eigenvalue weighted by Crippen LogP contribution is -2.26. The molecule has 90 valence electrons. The van der Waals surface area contributed by atoms with Crippen LogP contribution in [0.25, 0.3) is 0 Å². The molecular formula is C12H19NO2S. The van der Waals surface area contributed by atoms with E-state index in [2.05, 4.69) is 6.92 Å². The van der Waals surface area contributed by atoms with Crippen LogP contribution in [-0.4, -0.2) is 15.3 Å². The predicted molar refractivity (Wildman–Crippen MR) is 68.7 cm³/mol. The molecule has 16 heavy (non-hydrogen) atoms. The first kappa shape index (κ1) is 13.2. The molecule has 0 spiro atoms. The molecule has 1 atom stereocenters. The van der Waals surface area contributed by atoms with Crippen molar-refractivity contribution in [3.8, 4) is 0 Å². The Morgan fingerprint density at radius 1 is 1.19 bits per heavy atom. The average molecular weight is 241 g/mol. The van der Waals surface area contributed by atoms with Crippen molar-refractivity contribution in [2.24, 2.45) is 0 Å². The fourth-order valence-corrected chi connectivity index (χ4v) is 2.16. The summed E-state index contributed by atoms with van der Waals surface area (Å²) in [6.07, 6.45) is 4.42. The molecule has 0 bridgehead atoms. The van der Waals surface area contributed by atoms with E-state index in [1.807, 2.05) is 30.3 Å². The van der Waals surface area contributed by atoms with Crippen molar-refractivity contribution in [2.45, 2.75) is 32.6 Å². The van der Waals surface area contributed by atoms with E-state index in [4.69, 9.17) is 0 Å². The maximum Gasteiger partial charge on any atom is 0.261 e. The second-order valence-corrected chi connectivity index (χ2v) is 4.63. The summed E-state index contributed by atoms with van der Waals surface area (Å²) in [5.41, 5.74) is 0.805. The van der Waals surface area contributed by atoms with Gasteiger partial charge in [0.15, 0.2) is 0 Å². The summed E-state index contributed by atoms with van der Waals surface area (Å²) in [5.74, 6) is 0. The topological polar surface area (TPSA) is 40.5 Å². The summed E-state index contributed by atoms with van der Waals surface area (Å²) in [4.78, 5) is 0. The lowest BCUT2D eigenvalue weighted by atomic mass is 10.2. The molecule has 1 aromatic rings. The number of rotatable bonds is 7. The van der Waals surface area contributed by atoms with Crippen LogP contribution in [0, 0.1) is 0 Å². The van der Waals surface area contributed by atoms with E-state index in [9.17, 15) is 8.76 Å². The minimum absolute atomic E-state index is 0.632. The van der Waals surface area contributed by atoms with Crippen molar-refractivity contribution in [3.63, 3.8) is 0 Å². The molecule has 0 saturated carbocycles. The Labute approximate surface area is 99.9 Å². The molecule has 0 fully saturated rings. The molecule has 0 radical (unpaired) electrons. The lowest BCUT2D eigenvalue weighted by Gasteiger charge is -2.19. The summed E-state index contributed by atoms with van der Waals surface area (Å²) in [7, 11) is 0. The van der Waals surface area contributed by atoms with E-state index < -0.39 is 11.3 Å². The van der Waals surface area contributed by atoms with E-state index in [0.717, 1.165) is 18.5 Å². The molecule has 1 aromatic carbocycles. The normalized spacial score (nSPS) is 12.4. The van der Waals surface area contributed by atoms with Crippen LogP contribution in [0.2, 0.25) is 0 Å². The highest BCUT2D eigenvalue weighted by atomic mass is 32.2. The van der Waals surface area contributed by atoms with Crippen LogP contribution in [0.3, 0.4) is 0 Å². The molecule has 3 nitrogen and oxygen atoms in total. The maximum atomic E-state index is 11.2. The number of anilines is 1. The fraction of sp³-hybridized carbons (Fsp3) is 0.500. The Morgan fingerprint density at radius 2 is 1.88 bits per heavy atom. The van der Waals surface area contributed by atoms with Gasteiger partial charge in [0.1, 0.15) is 0 Å². The van der Waals surface area contributed by atoms with Crippen LogP contribution in [-0.2, 0) is 11.3 Å². The van der Waals surface area contributed by atoms with Crippen LogP contribution in [0.15, 0.2) is 30.3 Å². The van der Waals surface area contributed by atoms with Gasteiger partial charge in [0.05, 0.1) is 5.69 Å². The van der Waals surface area contributed by atoms with Gasteiger partial charge < -0.3 is 0 Å². The quantitative estimate of drug-likeness (QED) is 0.588. The zero-order valence-corrected chi connectivity index (χ0v) is 10.4. The van der Waals surface area contributed by atoms with Gasteiger partial charge in [-0.2, -0.15) is 0 Å². The van der Waals surface area contributed by atoms with Crippen LogP contribution in [0.5, 0.6) is 0 Å². The first-order valence-corrected chi connectivity index (χ1v) is 6.75. The van der Waals surface area contributed by atoms with Gasteiger partial charge in [0.25, 0.3) is 11.3 Å². The first-order valence-electron chi connectivity index (χ1n) is 5.69.